The Balaban J connectivity index is 2.82. The standard InChI is InChI=1S/C8H5ClF2INO/c9-4-1-2-6(5(12)3-4)13-8(14)7(10)11/h1-3,7H,(H,13,14). The van der Waals surface area contributed by atoms with Gasteiger partial charge in [-0.2, -0.15) is 8.78 Å². The van der Waals surface area contributed by atoms with Crippen LogP contribution in [0.3, 0.4) is 0 Å². The number of amides is 1. The number of benzene rings is 1. The third-order valence-electron chi connectivity index (χ3n) is 1.39. The van der Waals surface area contributed by atoms with Gasteiger partial charge in [-0.25, -0.2) is 0 Å². The molecule has 76 valence electrons. The molecular weight excluding hydrogens is 326 g/mol. The van der Waals surface area contributed by atoms with Gasteiger partial charge < -0.3 is 5.32 Å². The number of halogens is 4. The topological polar surface area (TPSA) is 29.1 Å². The highest BCUT2D eigenvalue weighted by atomic mass is 127. The minimum absolute atomic E-state index is 0.334. The third-order valence-corrected chi connectivity index (χ3v) is 2.51. The molecule has 2 nitrogen and oxygen atoms in total. The van der Waals surface area contributed by atoms with Crippen molar-refractivity contribution in [2.24, 2.45) is 0 Å². The molecule has 0 aliphatic rings. The monoisotopic (exact) mass is 331 g/mol. The van der Waals surface area contributed by atoms with E-state index in [2.05, 4.69) is 5.32 Å². The summed E-state index contributed by atoms with van der Waals surface area (Å²) in [5.74, 6) is -1.31. The van der Waals surface area contributed by atoms with Gasteiger partial charge >= 0.3 is 6.43 Å². The van der Waals surface area contributed by atoms with Crippen molar-refractivity contribution >= 4 is 45.8 Å². The van der Waals surface area contributed by atoms with Crippen LogP contribution in [0.4, 0.5) is 14.5 Å². The Morgan fingerprint density at radius 3 is 2.64 bits per heavy atom. The number of anilines is 1. The Morgan fingerprint density at radius 2 is 2.14 bits per heavy atom. The van der Waals surface area contributed by atoms with Gasteiger partial charge in [0.05, 0.1) is 5.69 Å². The molecule has 0 heterocycles. The average molecular weight is 331 g/mol. The number of hydrogen-bond donors (Lipinski definition) is 1. The smallest absolute Gasteiger partial charge is 0.315 e. The van der Waals surface area contributed by atoms with Crippen LogP contribution in [-0.2, 0) is 4.79 Å². The molecule has 0 bridgehead atoms. The highest BCUT2D eigenvalue weighted by Gasteiger charge is 2.15. The first-order valence-corrected chi connectivity index (χ1v) is 5.00. The van der Waals surface area contributed by atoms with Gasteiger partial charge in [0.25, 0.3) is 5.91 Å². The second-order valence-corrected chi connectivity index (χ2v) is 4.01. The van der Waals surface area contributed by atoms with Crippen LogP contribution in [-0.4, -0.2) is 12.3 Å². The molecule has 0 unspecified atom stereocenters. The van der Waals surface area contributed by atoms with Gasteiger partial charge in [-0.15, -0.1) is 0 Å². The normalized spacial score (nSPS) is 10.4. The third kappa shape index (κ3) is 3.06. The lowest BCUT2D eigenvalue weighted by Crippen LogP contribution is -2.20. The zero-order valence-corrected chi connectivity index (χ0v) is 9.64. The molecule has 0 fully saturated rings. The second-order valence-electron chi connectivity index (χ2n) is 2.41. The molecule has 0 aromatic heterocycles. The summed E-state index contributed by atoms with van der Waals surface area (Å²) in [6.45, 7) is 0. The molecule has 0 aliphatic carbocycles. The summed E-state index contributed by atoms with van der Waals surface area (Å²) in [6, 6.07) is 4.57. The van der Waals surface area contributed by atoms with Crippen LogP contribution in [0.2, 0.25) is 5.02 Å². The number of alkyl halides is 2. The van der Waals surface area contributed by atoms with Crippen molar-refractivity contribution in [1.29, 1.82) is 0 Å². The Kier molecular flexibility index (Phi) is 4.06. The average Bonchev–Trinajstić information content (AvgIpc) is 2.09. The molecule has 0 aliphatic heterocycles. The first-order valence-electron chi connectivity index (χ1n) is 3.55. The van der Waals surface area contributed by atoms with E-state index in [1.54, 1.807) is 6.07 Å². The van der Waals surface area contributed by atoms with Crippen LogP contribution in [0, 0.1) is 3.57 Å². The van der Waals surface area contributed by atoms with E-state index >= 15 is 0 Å². The van der Waals surface area contributed by atoms with Gasteiger partial charge in [-0.1, -0.05) is 11.6 Å². The Bertz CT molecular complexity index is 359. The Hall–Kier alpha value is -0.430. The van der Waals surface area contributed by atoms with Crippen molar-refractivity contribution in [2.75, 3.05) is 5.32 Å². The fraction of sp³-hybridized carbons (Fsp3) is 0.125. The van der Waals surface area contributed by atoms with Crippen LogP contribution < -0.4 is 5.32 Å². The summed E-state index contributed by atoms with van der Waals surface area (Å²) in [5.41, 5.74) is 0.334. The zero-order valence-electron chi connectivity index (χ0n) is 6.73. The van der Waals surface area contributed by atoms with Gasteiger partial charge in [0.2, 0.25) is 0 Å². The van der Waals surface area contributed by atoms with E-state index in [9.17, 15) is 13.6 Å². The molecule has 0 atom stereocenters. The number of nitrogens with one attached hydrogen (secondary N) is 1. The van der Waals surface area contributed by atoms with E-state index in [0.29, 0.717) is 14.3 Å². The summed E-state index contributed by atoms with van der Waals surface area (Å²) >= 11 is 7.55. The van der Waals surface area contributed by atoms with Gasteiger partial charge in [0.1, 0.15) is 0 Å². The highest BCUT2D eigenvalue weighted by molar-refractivity contribution is 14.1. The van der Waals surface area contributed by atoms with Gasteiger partial charge in [0, 0.05) is 8.59 Å². The molecule has 0 saturated heterocycles. The van der Waals surface area contributed by atoms with Crippen molar-refractivity contribution in [3.63, 3.8) is 0 Å². The lowest BCUT2D eigenvalue weighted by atomic mass is 10.3. The second kappa shape index (κ2) is 4.88. The number of carbonyl (C=O) groups is 1. The van der Waals surface area contributed by atoms with Crippen LogP contribution in [0.5, 0.6) is 0 Å². The van der Waals surface area contributed by atoms with Crippen molar-refractivity contribution < 1.29 is 13.6 Å². The summed E-state index contributed by atoms with van der Waals surface area (Å²) in [4.78, 5) is 10.7. The minimum atomic E-state index is -3.01. The number of carbonyl (C=O) groups excluding carboxylic acids is 1. The molecule has 1 aromatic rings. The van der Waals surface area contributed by atoms with Crippen molar-refractivity contribution in [2.45, 2.75) is 6.43 Å². The summed E-state index contributed by atoms with van der Waals surface area (Å²) in [7, 11) is 0. The fourth-order valence-electron chi connectivity index (χ4n) is 0.778. The van der Waals surface area contributed by atoms with E-state index in [1.165, 1.54) is 12.1 Å². The summed E-state index contributed by atoms with van der Waals surface area (Å²) in [6.07, 6.45) is -3.01. The maximum absolute atomic E-state index is 11.9. The zero-order chi connectivity index (χ0) is 10.7. The summed E-state index contributed by atoms with van der Waals surface area (Å²) < 4.78 is 24.4. The van der Waals surface area contributed by atoms with Gasteiger partial charge in [-0.3, -0.25) is 4.79 Å². The summed E-state index contributed by atoms with van der Waals surface area (Å²) in [5, 5.41) is 2.57. The fourth-order valence-corrected chi connectivity index (χ4v) is 1.78. The molecule has 1 rings (SSSR count). The van der Waals surface area contributed by atoms with Crippen LogP contribution in [0.15, 0.2) is 18.2 Å². The molecule has 1 N–H and O–H groups in total. The van der Waals surface area contributed by atoms with E-state index in [-0.39, 0.29) is 0 Å². The maximum atomic E-state index is 11.9. The van der Waals surface area contributed by atoms with Crippen molar-refractivity contribution in [1.82, 2.24) is 0 Å². The Morgan fingerprint density at radius 1 is 1.50 bits per heavy atom. The minimum Gasteiger partial charge on any atom is -0.320 e. The lowest BCUT2D eigenvalue weighted by molar-refractivity contribution is -0.126. The predicted octanol–water partition coefficient (Wildman–Crippen LogP) is 3.15. The first-order chi connectivity index (χ1) is 6.50. The lowest BCUT2D eigenvalue weighted by Gasteiger charge is -2.06. The largest absolute Gasteiger partial charge is 0.320 e. The van der Waals surface area contributed by atoms with Crippen molar-refractivity contribution in [3.8, 4) is 0 Å². The molecule has 1 amide bonds. The molecular formula is C8H5ClF2INO. The number of rotatable bonds is 2. The van der Waals surface area contributed by atoms with Crippen LogP contribution >= 0.6 is 34.2 Å². The molecule has 6 heteroatoms. The molecule has 14 heavy (non-hydrogen) atoms. The molecule has 0 spiro atoms. The first kappa shape index (κ1) is 11.6. The molecule has 0 saturated carbocycles. The van der Waals surface area contributed by atoms with E-state index in [0.717, 1.165) is 0 Å². The van der Waals surface area contributed by atoms with E-state index in [4.69, 9.17) is 11.6 Å². The number of hydrogen-bond acceptors (Lipinski definition) is 1. The molecule has 1 aromatic carbocycles. The van der Waals surface area contributed by atoms with E-state index < -0.39 is 12.3 Å². The maximum Gasteiger partial charge on any atom is 0.315 e. The quantitative estimate of drug-likeness (QED) is 0.829. The van der Waals surface area contributed by atoms with Crippen molar-refractivity contribution in [3.05, 3.63) is 26.8 Å². The highest BCUT2D eigenvalue weighted by Crippen LogP contribution is 2.22. The Labute approximate surface area is 97.8 Å². The van der Waals surface area contributed by atoms with Crippen LogP contribution in [0.1, 0.15) is 0 Å². The van der Waals surface area contributed by atoms with Crippen LogP contribution in [0.25, 0.3) is 0 Å². The molecule has 0 radical (unpaired) electrons. The SMILES string of the molecule is O=C(Nc1ccc(Cl)cc1I)C(F)F. The predicted molar refractivity (Wildman–Crippen MR) is 58.8 cm³/mol. The van der Waals surface area contributed by atoms with Gasteiger partial charge in [0.15, 0.2) is 0 Å². The van der Waals surface area contributed by atoms with E-state index in [1.807, 2.05) is 22.6 Å². The van der Waals surface area contributed by atoms with Gasteiger partial charge in [-0.05, 0) is 40.8 Å².